The molecule has 0 bridgehead atoms. The number of aromatic nitrogens is 2. The number of hydrogen-bond donors (Lipinski definition) is 0. The molecule has 0 unspecified atom stereocenters. The van der Waals surface area contributed by atoms with Gasteiger partial charge >= 0.3 is 0 Å². The van der Waals surface area contributed by atoms with Gasteiger partial charge in [-0.15, -0.1) is 0 Å². The minimum absolute atomic E-state index is 0.592. The predicted molar refractivity (Wildman–Crippen MR) is 60.4 cm³/mol. The summed E-state index contributed by atoms with van der Waals surface area (Å²) in [6, 6.07) is 0. The fourth-order valence-corrected chi connectivity index (χ4v) is 1.46. The van der Waals surface area contributed by atoms with Crippen LogP contribution in [0.2, 0.25) is 0 Å². The van der Waals surface area contributed by atoms with E-state index in [9.17, 15) is 0 Å². The second kappa shape index (κ2) is 5.18. The van der Waals surface area contributed by atoms with E-state index in [2.05, 4.69) is 43.7 Å². The quantitative estimate of drug-likeness (QED) is 0.702. The molecule has 14 heavy (non-hydrogen) atoms. The molecule has 80 valence electrons. The molecule has 0 saturated heterocycles. The standard InChI is InChI=1S/C12H22N2/c1-10(2)6-5-7-14-9-12(8-13-14)11(3)4/h8-11H,5-7H2,1-4H3. The van der Waals surface area contributed by atoms with E-state index in [0.717, 1.165) is 12.5 Å². The maximum atomic E-state index is 4.35. The topological polar surface area (TPSA) is 17.8 Å². The molecule has 1 heterocycles. The second-order valence-electron chi connectivity index (χ2n) is 4.73. The Bertz CT molecular complexity index is 261. The Morgan fingerprint density at radius 3 is 2.50 bits per heavy atom. The van der Waals surface area contributed by atoms with Gasteiger partial charge in [-0.3, -0.25) is 4.68 Å². The number of hydrogen-bond acceptors (Lipinski definition) is 1. The summed E-state index contributed by atoms with van der Waals surface area (Å²) in [4.78, 5) is 0. The molecular formula is C12H22N2. The van der Waals surface area contributed by atoms with Crippen LogP contribution < -0.4 is 0 Å². The van der Waals surface area contributed by atoms with Crippen molar-refractivity contribution in [2.45, 2.75) is 53.0 Å². The molecule has 0 N–H and O–H groups in total. The van der Waals surface area contributed by atoms with Gasteiger partial charge < -0.3 is 0 Å². The zero-order valence-electron chi connectivity index (χ0n) is 9.83. The van der Waals surface area contributed by atoms with Gasteiger partial charge in [0.05, 0.1) is 6.20 Å². The highest BCUT2D eigenvalue weighted by molar-refractivity contribution is 5.08. The Labute approximate surface area is 87.3 Å². The van der Waals surface area contributed by atoms with Gasteiger partial charge in [0.25, 0.3) is 0 Å². The van der Waals surface area contributed by atoms with Gasteiger partial charge in [0.2, 0.25) is 0 Å². The maximum absolute atomic E-state index is 4.35. The van der Waals surface area contributed by atoms with E-state index in [0.29, 0.717) is 5.92 Å². The first-order valence-corrected chi connectivity index (χ1v) is 5.62. The van der Waals surface area contributed by atoms with Crippen LogP contribution in [0.25, 0.3) is 0 Å². The summed E-state index contributed by atoms with van der Waals surface area (Å²) in [7, 11) is 0. The lowest BCUT2D eigenvalue weighted by Gasteiger charge is -2.04. The van der Waals surface area contributed by atoms with Crippen molar-refractivity contribution < 1.29 is 0 Å². The molecule has 0 amide bonds. The first kappa shape index (κ1) is 11.3. The van der Waals surface area contributed by atoms with Gasteiger partial charge in [-0.25, -0.2) is 0 Å². The van der Waals surface area contributed by atoms with Gasteiger partial charge in [-0.2, -0.15) is 5.10 Å². The van der Waals surface area contributed by atoms with Gasteiger partial charge in [0, 0.05) is 12.7 Å². The summed E-state index contributed by atoms with van der Waals surface area (Å²) in [5.41, 5.74) is 1.34. The minimum atomic E-state index is 0.592. The zero-order valence-corrected chi connectivity index (χ0v) is 9.83. The highest BCUT2D eigenvalue weighted by Gasteiger charge is 2.02. The molecular weight excluding hydrogens is 172 g/mol. The van der Waals surface area contributed by atoms with E-state index in [1.807, 2.05) is 6.20 Å². The summed E-state index contributed by atoms with van der Waals surface area (Å²) in [5, 5.41) is 4.35. The predicted octanol–water partition coefficient (Wildman–Crippen LogP) is 3.44. The van der Waals surface area contributed by atoms with Gasteiger partial charge in [-0.05, 0) is 30.2 Å². The van der Waals surface area contributed by atoms with Crippen LogP contribution in [0.1, 0.15) is 52.0 Å². The van der Waals surface area contributed by atoms with E-state index >= 15 is 0 Å². The number of rotatable bonds is 5. The van der Waals surface area contributed by atoms with Crippen LogP contribution in [0.5, 0.6) is 0 Å². The third-order valence-corrected chi connectivity index (χ3v) is 2.49. The fraction of sp³-hybridized carbons (Fsp3) is 0.750. The molecule has 0 aliphatic carbocycles. The minimum Gasteiger partial charge on any atom is -0.272 e. The highest BCUT2D eigenvalue weighted by Crippen LogP contribution is 2.13. The molecule has 2 nitrogen and oxygen atoms in total. The normalized spacial score (nSPS) is 11.6. The number of nitrogens with zero attached hydrogens (tertiary/aromatic N) is 2. The summed E-state index contributed by atoms with van der Waals surface area (Å²) in [6.07, 6.45) is 6.68. The Morgan fingerprint density at radius 2 is 2.00 bits per heavy atom. The number of aryl methyl sites for hydroxylation is 1. The molecule has 0 aliphatic heterocycles. The lowest BCUT2D eigenvalue weighted by Crippen LogP contribution is -2.00. The SMILES string of the molecule is CC(C)CCCn1cc(C(C)C)cn1. The summed E-state index contributed by atoms with van der Waals surface area (Å²) >= 11 is 0. The van der Waals surface area contributed by atoms with E-state index in [1.54, 1.807) is 0 Å². The Balaban J connectivity index is 2.36. The van der Waals surface area contributed by atoms with E-state index in [-0.39, 0.29) is 0 Å². The molecule has 0 atom stereocenters. The average molecular weight is 194 g/mol. The van der Waals surface area contributed by atoms with E-state index in [4.69, 9.17) is 0 Å². The smallest absolute Gasteiger partial charge is 0.0524 e. The van der Waals surface area contributed by atoms with Crippen molar-refractivity contribution in [2.24, 2.45) is 5.92 Å². The average Bonchev–Trinajstić information content (AvgIpc) is 2.52. The van der Waals surface area contributed by atoms with Gasteiger partial charge in [-0.1, -0.05) is 27.7 Å². The first-order chi connectivity index (χ1) is 6.59. The maximum Gasteiger partial charge on any atom is 0.0524 e. The van der Waals surface area contributed by atoms with Crippen molar-refractivity contribution in [1.29, 1.82) is 0 Å². The third kappa shape index (κ3) is 3.52. The monoisotopic (exact) mass is 194 g/mol. The molecule has 1 rings (SSSR count). The van der Waals surface area contributed by atoms with Gasteiger partial charge in [0.1, 0.15) is 0 Å². The molecule has 0 radical (unpaired) electrons. The van der Waals surface area contributed by atoms with Crippen LogP contribution in [-0.4, -0.2) is 9.78 Å². The molecule has 1 aromatic heterocycles. The second-order valence-corrected chi connectivity index (χ2v) is 4.73. The van der Waals surface area contributed by atoms with E-state index < -0.39 is 0 Å². The Hall–Kier alpha value is -0.790. The van der Waals surface area contributed by atoms with Crippen molar-refractivity contribution in [3.63, 3.8) is 0 Å². The van der Waals surface area contributed by atoms with Crippen molar-refractivity contribution in [3.05, 3.63) is 18.0 Å². The summed E-state index contributed by atoms with van der Waals surface area (Å²) < 4.78 is 2.07. The summed E-state index contributed by atoms with van der Waals surface area (Å²) in [5.74, 6) is 1.39. The largest absolute Gasteiger partial charge is 0.272 e. The summed E-state index contributed by atoms with van der Waals surface area (Å²) in [6.45, 7) is 10.0. The van der Waals surface area contributed by atoms with Gasteiger partial charge in [0.15, 0.2) is 0 Å². The lowest BCUT2D eigenvalue weighted by molar-refractivity contribution is 0.489. The first-order valence-electron chi connectivity index (χ1n) is 5.62. The van der Waals surface area contributed by atoms with Crippen LogP contribution >= 0.6 is 0 Å². The molecule has 0 aliphatic rings. The van der Waals surface area contributed by atoms with Crippen LogP contribution in [0.3, 0.4) is 0 Å². The van der Waals surface area contributed by atoms with Crippen LogP contribution in [0.4, 0.5) is 0 Å². The van der Waals surface area contributed by atoms with Crippen molar-refractivity contribution in [2.75, 3.05) is 0 Å². The molecule has 0 fully saturated rings. The molecule has 0 saturated carbocycles. The van der Waals surface area contributed by atoms with Crippen LogP contribution in [-0.2, 0) is 6.54 Å². The molecule has 2 heteroatoms. The Morgan fingerprint density at radius 1 is 1.29 bits per heavy atom. The van der Waals surface area contributed by atoms with E-state index in [1.165, 1.54) is 18.4 Å². The van der Waals surface area contributed by atoms with Crippen LogP contribution in [0, 0.1) is 5.92 Å². The zero-order chi connectivity index (χ0) is 10.6. The van der Waals surface area contributed by atoms with Crippen LogP contribution in [0.15, 0.2) is 12.4 Å². The third-order valence-electron chi connectivity index (χ3n) is 2.49. The molecule has 0 aromatic carbocycles. The Kier molecular flexibility index (Phi) is 4.18. The lowest BCUT2D eigenvalue weighted by atomic mass is 10.1. The van der Waals surface area contributed by atoms with Crippen molar-refractivity contribution in [3.8, 4) is 0 Å². The molecule has 1 aromatic rings. The fourth-order valence-electron chi connectivity index (χ4n) is 1.46. The highest BCUT2D eigenvalue weighted by atomic mass is 15.3. The van der Waals surface area contributed by atoms with Crippen molar-refractivity contribution in [1.82, 2.24) is 9.78 Å². The molecule has 0 spiro atoms. The van der Waals surface area contributed by atoms with Crippen molar-refractivity contribution >= 4 is 0 Å².